The van der Waals surface area contributed by atoms with Gasteiger partial charge in [0, 0.05) is 30.5 Å². The third-order valence-electron chi connectivity index (χ3n) is 4.87. The Kier molecular flexibility index (Phi) is 4.87. The van der Waals surface area contributed by atoms with Crippen LogP contribution < -0.4 is 10.2 Å². The highest BCUT2D eigenvalue weighted by Crippen LogP contribution is 2.29. The molecule has 5 nitrogen and oxygen atoms in total. The van der Waals surface area contributed by atoms with Gasteiger partial charge in [0.1, 0.15) is 10.8 Å². The van der Waals surface area contributed by atoms with Crippen LogP contribution in [0.5, 0.6) is 0 Å². The number of aromatic nitrogens is 1. The van der Waals surface area contributed by atoms with Crippen LogP contribution in [0, 0.1) is 0 Å². The molecule has 0 fully saturated rings. The Morgan fingerprint density at radius 3 is 2.43 bits per heavy atom. The molecule has 2 aromatic carbocycles. The van der Waals surface area contributed by atoms with Crippen LogP contribution in [0.15, 0.2) is 54.6 Å². The lowest BCUT2D eigenvalue weighted by Gasteiger charge is -2.17. The van der Waals surface area contributed by atoms with Crippen molar-refractivity contribution in [3.05, 3.63) is 81.6 Å². The average Bonchev–Trinajstić information content (AvgIpc) is 3.25. The summed E-state index contributed by atoms with van der Waals surface area (Å²) < 4.78 is 1.52. The van der Waals surface area contributed by atoms with Crippen LogP contribution in [0.2, 0.25) is 10.2 Å². The minimum atomic E-state index is -0.330. The number of hydrogen-bond donors (Lipinski definition) is 1. The first-order chi connectivity index (χ1) is 13.5. The molecule has 0 bridgehead atoms. The first-order valence-electron chi connectivity index (χ1n) is 8.77. The Morgan fingerprint density at radius 1 is 1.04 bits per heavy atom. The first kappa shape index (κ1) is 18.6. The van der Waals surface area contributed by atoms with Crippen LogP contribution >= 0.6 is 23.2 Å². The summed E-state index contributed by atoms with van der Waals surface area (Å²) in [5.41, 5.74) is 3.64. The molecule has 28 heavy (non-hydrogen) atoms. The number of nitrogens with one attached hydrogen (secondary N) is 1. The Labute approximate surface area is 172 Å². The fourth-order valence-corrected chi connectivity index (χ4v) is 3.73. The fourth-order valence-electron chi connectivity index (χ4n) is 3.36. The highest BCUT2D eigenvalue weighted by molar-refractivity contribution is 6.42. The molecule has 1 N–H and O–H groups in total. The third kappa shape index (κ3) is 3.28. The maximum absolute atomic E-state index is 12.9. The van der Waals surface area contributed by atoms with Crippen LogP contribution in [0.4, 0.5) is 11.4 Å². The number of fused-ring (bicyclic) bond motifs is 1. The van der Waals surface area contributed by atoms with E-state index in [4.69, 9.17) is 23.2 Å². The molecule has 0 saturated heterocycles. The molecule has 1 aliphatic rings. The summed E-state index contributed by atoms with van der Waals surface area (Å²) in [6.45, 7) is 0.672. The molecule has 0 spiro atoms. The van der Waals surface area contributed by atoms with Crippen LogP contribution in [0.25, 0.3) is 0 Å². The topological polar surface area (TPSA) is 54.3 Å². The van der Waals surface area contributed by atoms with E-state index in [1.54, 1.807) is 36.2 Å². The lowest BCUT2D eigenvalue weighted by molar-refractivity contribution is 0.0987. The van der Waals surface area contributed by atoms with Gasteiger partial charge in [0.2, 0.25) is 0 Å². The SMILES string of the molecule is Cn1c(C(=O)Nc2ccc(C(=O)N3CCc4ccccc43)cc2)cc(Cl)c1Cl. The summed E-state index contributed by atoms with van der Waals surface area (Å²) in [5, 5.41) is 3.41. The highest BCUT2D eigenvalue weighted by atomic mass is 35.5. The van der Waals surface area contributed by atoms with Crippen molar-refractivity contribution in [1.29, 1.82) is 0 Å². The number of halogens is 2. The number of rotatable bonds is 3. The summed E-state index contributed by atoms with van der Waals surface area (Å²) in [4.78, 5) is 27.1. The van der Waals surface area contributed by atoms with Gasteiger partial charge in [0.05, 0.1) is 5.02 Å². The number of nitrogens with zero attached hydrogens (tertiary/aromatic N) is 2. The Morgan fingerprint density at radius 2 is 1.75 bits per heavy atom. The van der Waals surface area contributed by atoms with Crippen molar-refractivity contribution in [3.8, 4) is 0 Å². The molecule has 1 aliphatic heterocycles. The molecule has 0 saturated carbocycles. The largest absolute Gasteiger partial charge is 0.329 e. The van der Waals surface area contributed by atoms with Gasteiger partial charge in [-0.15, -0.1) is 0 Å². The summed E-state index contributed by atoms with van der Waals surface area (Å²) in [6.07, 6.45) is 0.859. The standard InChI is InChI=1S/C21H17Cl2N3O2/c1-25-18(12-16(22)19(25)23)20(27)24-15-8-6-14(7-9-15)21(28)26-11-10-13-4-2-3-5-17(13)26/h2-9,12H,10-11H2,1H3,(H,24,27). The van der Waals surface area contributed by atoms with Gasteiger partial charge in [-0.1, -0.05) is 41.4 Å². The predicted octanol–water partition coefficient (Wildman–Crippen LogP) is 4.79. The van der Waals surface area contributed by atoms with E-state index in [-0.39, 0.29) is 11.8 Å². The van der Waals surface area contributed by atoms with Gasteiger partial charge in [0.25, 0.3) is 11.8 Å². The van der Waals surface area contributed by atoms with Crippen molar-refractivity contribution < 1.29 is 9.59 Å². The van der Waals surface area contributed by atoms with E-state index in [1.807, 2.05) is 24.3 Å². The number of benzene rings is 2. The minimum Gasteiger partial charge on any atom is -0.329 e. The van der Waals surface area contributed by atoms with Gasteiger partial charge in [0.15, 0.2) is 0 Å². The molecule has 4 rings (SSSR count). The van der Waals surface area contributed by atoms with E-state index in [1.165, 1.54) is 16.2 Å². The normalized spacial score (nSPS) is 12.8. The first-order valence-corrected chi connectivity index (χ1v) is 9.53. The number of carbonyl (C=O) groups is 2. The molecule has 0 radical (unpaired) electrons. The number of para-hydroxylation sites is 1. The van der Waals surface area contributed by atoms with E-state index < -0.39 is 0 Å². The zero-order chi connectivity index (χ0) is 19.8. The summed E-state index contributed by atoms with van der Waals surface area (Å²) in [6, 6.07) is 16.3. The zero-order valence-electron chi connectivity index (χ0n) is 15.1. The van der Waals surface area contributed by atoms with Gasteiger partial charge < -0.3 is 14.8 Å². The minimum absolute atomic E-state index is 0.0520. The van der Waals surface area contributed by atoms with Crippen molar-refractivity contribution in [2.45, 2.75) is 6.42 Å². The number of amides is 2. The summed E-state index contributed by atoms with van der Waals surface area (Å²) in [5.74, 6) is -0.382. The molecule has 2 heterocycles. The van der Waals surface area contributed by atoms with E-state index in [9.17, 15) is 9.59 Å². The quantitative estimate of drug-likeness (QED) is 0.670. The molecule has 0 unspecified atom stereocenters. The Hall–Kier alpha value is -2.76. The second-order valence-electron chi connectivity index (χ2n) is 6.59. The van der Waals surface area contributed by atoms with Gasteiger partial charge in [-0.2, -0.15) is 0 Å². The van der Waals surface area contributed by atoms with Gasteiger partial charge >= 0.3 is 0 Å². The van der Waals surface area contributed by atoms with Gasteiger partial charge in [-0.3, -0.25) is 9.59 Å². The lowest BCUT2D eigenvalue weighted by Crippen LogP contribution is -2.28. The molecule has 142 valence electrons. The molecular weight excluding hydrogens is 397 g/mol. The summed E-state index contributed by atoms with van der Waals surface area (Å²) >= 11 is 12.0. The smallest absolute Gasteiger partial charge is 0.272 e. The van der Waals surface area contributed by atoms with Crippen molar-refractivity contribution in [2.24, 2.45) is 7.05 Å². The zero-order valence-corrected chi connectivity index (χ0v) is 16.6. The maximum Gasteiger partial charge on any atom is 0.272 e. The molecular formula is C21H17Cl2N3O2. The maximum atomic E-state index is 12.9. The van der Waals surface area contributed by atoms with E-state index in [2.05, 4.69) is 5.32 Å². The Balaban J connectivity index is 1.49. The summed E-state index contributed by atoms with van der Waals surface area (Å²) in [7, 11) is 1.67. The second kappa shape index (κ2) is 7.34. The number of carbonyl (C=O) groups excluding carboxylic acids is 2. The van der Waals surface area contributed by atoms with Crippen LogP contribution in [-0.4, -0.2) is 22.9 Å². The highest BCUT2D eigenvalue weighted by Gasteiger charge is 2.25. The predicted molar refractivity (Wildman–Crippen MR) is 112 cm³/mol. The van der Waals surface area contributed by atoms with E-state index in [0.29, 0.717) is 33.7 Å². The number of anilines is 2. The molecule has 1 aromatic heterocycles. The van der Waals surface area contributed by atoms with Crippen molar-refractivity contribution >= 4 is 46.4 Å². The molecule has 3 aromatic rings. The van der Waals surface area contributed by atoms with Crippen LogP contribution in [0.1, 0.15) is 26.4 Å². The van der Waals surface area contributed by atoms with E-state index in [0.717, 1.165) is 12.1 Å². The van der Waals surface area contributed by atoms with Crippen molar-refractivity contribution in [2.75, 3.05) is 16.8 Å². The fraction of sp³-hybridized carbons (Fsp3) is 0.143. The van der Waals surface area contributed by atoms with Gasteiger partial charge in [-0.05, 0) is 48.4 Å². The molecule has 7 heteroatoms. The molecule has 0 aliphatic carbocycles. The molecule has 0 atom stereocenters. The van der Waals surface area contributed by atoms with Gasteiger partial charge in [-0.25, -0.2) is 0 Å². The number of hydrogen-bond acceptors (Lipinski definition) is 2. The van der Waals surface area contributed by atoms with Crippen LogP contribution in [-0.2, 0) is 13.5 Å². The monoisotopic (exact) mass is 413 g/mol. The van der Waals surface area contributed by atoms with Crippen LogP contribution in [0.3, 0.4) is 0 Å². The second-order valence-corrected chi connectivity index (χ2v) is 7.36. The Bertz CT molecular complexity index is 1070. The van der Waals surface area contributed by atoms with Crippen molar-refractivity contribution in [1.82, 2.24) is 4.57 Å². The van der Waals surface area contributed by atoms with Crippen molar-refractivity contribution in [3.63, 3.8) is 0 Å². The lowest BCUT2D eigenvalue weighted by atomic mass is 10.1. The average molecular weight is 414 g/mol. The third-order valence-corrected chi connectivity index (χ3v) is 5.71. The molecule has 2 amide bonds. The van der Waals surface area contributed by atoms with E-state index >= 15 is 0 Å².